The Morgan fingerprint density at radius 3 is 2.55 bits per heavy atom. The summed E-state index contributed by atoms with van der Waals surface area (Å²) in [5.74, 6) is 0.818. The Hall–Kier alpha value is -2.63. The van der Waals surface area contributed by atoms with Crippen molar-refractivity contribution in [2.24, 2.45) is 0 Å². The first-order valence-corrected chi connectivity index (χ1v) is 7.26. The third-order valence-corrected chi connectivity index (χ3v) is 3.82. The maximum absolute atomic E-state index is 11.0. The van der Waals surface area contributed by atoms with Gasteiger partial charge in [-0.2, -0.15) is 0 Å². The van der Waals surface area contributed by atoms with Gasteiger partial charge in [-0.1, -0.05) is 23.8 Å². The molecule has 1 aromatic carbocycles. The van der Waals surface area contributed by atoms with Crippen LogP contribution in [-0.2, 0) is 0 Å². The molecule has 0 radical (unpaired) electrons. The summed E-state index contributed by atoms with van der Waals surface area (Å²) in [4.78, 5) is 23.5. The number of carbonyl (C=O) groups is 1. The van der Waals surface area contributed by atoms with E-state index in [2.05, 4.69) is 20.9 Å². The molecule has 0 unspecified atom stereocenters. The minimum atomic E-state index is -0.863. The molecule has 6 nitrogen and oxygen atoms in total. The molecule has 1 N–H and O–H groups in total. The van der Waals surface area contributed by atoms with E-state index in [0.717, 1.165) is 17.1 Å². The van der Waals surface area contributed by atoms with Crippen molar-refractivity contribution in [3.63, 3.8) is 0 Å². The molecule has 1 aliphatic rings. The largest absolute Gasteiger partial charge is 0.465 e. The van der Waals surface area contributed by atoms with Gasteiger partial charge in [-0.3, -0.25) is 4.98 Å². The number of piperazine rings is 1. The average Bonchev–Trinajstić information content (AvgIpc) is 2.55. The number of aromatic nitrogens is 2. The summed E-state index contributed by atoms with van der Waals surface area (Å²) in [6.45, 7) is 4.27. The number of carboxylic acid groups (broad SMARTS) is 1. The maximum atomic E-state index is 11.0. The van der Waals surface area contributed by atoms with Gasteiger partial charge in [-0.25, -0.2) is 9.78 Å². The fourth-order valence-electron chi connectivity index (χ4n) is 2.67. The van der Waals surface area contributed by atoms with Crippen LogP contribution in [0, 0.1) is 6.92 Å². The first kappa shape index (κ1) is 14.3. The van der Waals surface area contributed by atoms with E-state index in [1.54, 1.807) is 12.4 Å². The van der Waals surface area contributed by atoms with E-state index in [4.69, 9.17) is 5.11 Å². The molecule has 0 spiro atoms. The SMILES string of the molecule is Cc1cccc(-c2nccnc2N2CCN(C(=O)O)CC2)c1. The number of nitrogens with zero attached hydrogens (tertiary/aromatic N) is 4. The number of rotatable bonds is 2. The van der Waals surface area contributed by atoms with E-state index in [9.17, 15) is 4.79 Å². The quantitative estimate of drug-likeness (QED) is 0.921. The van der Waals surface area contributed by atoms with Gasteiger partial charge in [0.15, 0.2) is 5.82 Å². The first-order valence-electron chi connectivity index (χ1n) is 7.26. The lowest BCUT2D eigenvalue weighted by Crippen LogP contribution is -2.48. The van der Waals surface area contributed by atoms with Crippen LogP contribution in [0.4, 0.5) is 10.6 Å². The van der Waals surface area contributed by atoms with Gasteiger partial charge in [-0.05, 0) is 13.0 Å². The maximum Gasteiger partial charge on any atom is 0.407 e. The third kappa shape index (κ3) is 2.86. The van der Waals surface area contributed by atoms with Gasteiger partial charge in [0.25, 0.3) is 0 Å². The Morgan fingerprint density at radius 2 is 1.86 bits per heavy atom. The third-order valence-electron chi connectivity index (χ3n) is 3.82. The Balaban J connectivity index is 1.88. The van der Waals surface area contributed by atoms with E-state index in [1.807, 2.05) is 25.1 Å². The molecule has 6 heteroatoms. The molecule has 0 bridgehead atoms. The van der Waals surface area contributed by atoms with Crippen LogP contribution in [-0.4, -0.2) is 52.2 Å². The van der Waals surface area contributed by atoms with Crippen molar-refractivity contribution >= 4 is 11.9 Å². The minimum absolute atomic E-state index is 0.485. The number of anilines is 1. The molecule has 0 saturated carbocycles. The Bertz CT molecular complexity index is 681. The van der Waals surface area contributed by atoms with Crippen LogP contribution in [0.1, 0.15) is 5.56 Å². The van der Waals surface area contributed by atoms with Crippen LogP contribution in [0.2, 0.25) is 0 Å². The standard InChI is InChI=1S/C16H18N4O2/c1-12-3-2-4-13(11-12)14-15(18-6-5-17-14)19-7-9-20(10-8-19)16(21)22/h2-6,11H,7-10H2,1H3,(H,21,22). The topological polar surface area (TPSA) is 69.6 Å². The predicted octanol–water partition coefficient (Wildman–Crippen LogP) is 2.25. The number of aryl methyl sites for hydroxylation is 1. The minimum Gasteiger partial charge on any atom is -0.465 e. The summed E-state index contributed by atoms with van der Waals surface area (Å²) in [6, 6.07) is 8.16. The second kappa shape index (κ2) is 6.01. The fourth-order valence-corrected chi connectivity index (χ4v) is 2.67. The van der Waals surface area contributed by atoms with Crippen molar-refractivity contribution in [3.05, 3.63) is 42.2 Å². The average molecular weight is 298 g/mol. The number of hydrogen-bond acceptors (Lipinski definition) is 4. The molecule has 3 rings (SSSR count). The van der Waals surface area contributed by atoms with Crippen LogP contribution in [0.25, 0.3) is 11.3 Å². The van der Waals surface area contributed by atoms with E-state index in [1.165, 1.54) is 10.5 Å². The summed E-state index contributed by atoms with van der Waals surface area (Å²) in [5.41, 5.74) is 3.04. The molecule has 1 aromatic heterocycles. The summed E-state index contributed by atoms with van der Waals surface area (Å²) in [5, 5.41) is 9.04. The van der Waals surface area contributed by atoms with E-state index in [-0.39, 0.29) is 0 Å². The summed E-state index contributed by atoms with van der Waals surface area (Å²) in [7, 11) is 0. The number of hydrogen-bond donors (Lipinski definition) is 1. The van der Waals surface area contributed by atoms with E-state index in [0.29, 0.717) is 26.2 Å². The smallest absolute Gasteiger partial charge is 0.407 e. The van der Waals surface area contributed by atoms with Crippen LogP contribution in [0.3, 0.4) is 0 Å². The van der Waals surface area contributed by atoms with E-state index >= 15 is 0 Å². The van der Waals surface area contributed by atoms with Gasteiger partial charge in [0.1, 0.15) is 5.69 Å². The highest BCUT2D eigenvalue weighted by atomic mass is 16.4. The monoisotopic (exact) mass is 298 g/mol. The van der Waals surface area contributed by atoms with Gasteiger partial charge in [0, 0.05) is 44.1 Å². The van der Waals surface area contributed by atoms with Crippen LogP contribution in [0.15, 0.2) is 36.7 Å². The van der Waals surface area contributed by atoms with E-state index < -0.39 is 6.09 Å². The van der Waals surface area contributed by atoms with Crippen LogP contribution < -0.4 is 4.90 Å². The molecule has 2 heterocycles. The molecule has 2 aromatic rings. The molecule has 1 amide bonds. The highest BCUT2D eigenvalue weighted by molar-refractivity contribution is 5.73. The Morgan fingerprint density at radius 1 is 1.14 bits per heavy atom. The number of amides is 1. The second-order valence-corrected chi connectivity index (χ2v) is 5.35. The van der Waals surface area contributed by atoms with Gasteiger partial charge in [0.2, 0.25) is 0 Å². The summed E-state index contributed by atoms with van der Waals surface area (Å²) >= 11 is 0. The lowest BCUT2D eigenvalue weighted by molar-refractivity contribution is 0.142. The zero-order chi connectivity index (χ0) is 15.5. The van der Waals surface area contributed by atoms with Crippen molar-refractivity contribution in [2.45, 2.75) is 6.92 Å². The summed E-state index contributed by atoms with van der Waals surface area (Å²) in [6.07, 6.45) is 2.50. The van der Waals surface area contributed by atoms with Crippen molar-refractivity contribution < 1.29 is 9.90 Å². The zero-order valence-corrected chi connectivity index (χ0v) is 12.4. The molecular formula is C16H18N4O2. The van der Waals surface area contributed by atoms with Gasteiger partial charge in [-0.15, -0.1) is 0 Å². The summed E-state index contributed by atoms with van der Waals surface area (Å²) < 4.78 is 0. The first-order chi connectivity index (χ1) is 10.6. The van der Waals surface area contributed by atoms with Gasteiger partial charge < -0.3 is 14.9 Å². The van der Waals surface area contributed by atoms with Crippen molar-refractivity contribution in [1.29, 1.82) is 0 Å². The molecule has 114 valence electrons. The Kier molecular flexibility index (Phi) is 3.91. The normalized spacial score (nSPS) is 15.0. The molecule has 1 fully saturated rings. The second-order valence-electron chi connectivity index (χ2n) is 5.35. The molecule has 1 saturated heterocycles. The molecule has 0 aliphatic carbocycles. The highest BCUT2D eigenvalue weighted by Gasteiger charge is 2.23. The van der Waals surface area contributed by atoms with Gasteiger partial charge >= 0.3 is 6.09 Å². The van der Waals surface area contributed by atoms with Crippen LogP contribution in [0.5, 0.6) is 0 Å². The van der Waals surface area contributed by atoms with Crippen molar-refractivity contribution in [1.82, 2.24) is 14.9 Å². The molecule has 1 aliphatic heterocycles. The molecular weight excluding hydrogens is 280 g/mol. The highest BCUT2D eigenvalue weighted by Crippen LogP contribution is 2.27. The molecule has 0 atom stereocenters. The van der Waals surface area contributed by atoms with Gasteiger partial charge in [0.05, 0.1) is 0 Å². The molecule has 22 heavy (non-hydrogen) atoms. The number of benzene rings is 1. The lowest BCUT2D eigenvalue weighted by atomic mass is 10.1. The van der Waals surface area contributed by atoms with Crippen molar-refractivity contribution in [3.8, 4) is 11.3 Å². The Labute approximate surface area is 129 Å². The van der Waals surface area contributed by atoms with Crippen molar-refractivity contribution in [2.75, 3.05) is 31.1 Å². The lowest BCUT2D eigenvalue weighted by Gasteiger charge is -2.34. The van der Waals surface area contributed by atoms with Crippen LogP contribution >= 0.6 is 0 Å². The zero-order valence-electron chi connectivity index (χ0n) is 12.4. The predicted molar refractivity (Wildman–Crippen MR) is 84.0 cm³/mol. The fraction of sp³-hybridized carbons (Fsp3) is 0.312.